The van der Waals surface area contributed by atoms with Crippen LogP contribution in [0.2, 0.25) is 0 Å². The van der Waals surface area contributed by atoms with E-state index in [-0.39, 0.29) is 0 Å². The van der Waals surface area contributed by atoms with Crippen LogP contribution >= 0.6 is 0 Å². The second kappa shape index (κ2) is 5.39. The highest BCUT2D eigenvalue weighted by Crippen LogP contribution is 2.37. The molecule has 0 aliphatic heterocycles. The van der Waals surface area contributed by atoms with Crippen LogP contribution in [-0.2, 0) is 0 Å². The summed E-state index contributed by atoms with van der Waals surface area (Å²) in [6.07, 6.45) is 1.98. The molecule has 0 aliphatic carbocycles. The van der Waals surface area contributed by atoms with Gasteiger partial charge in [-0.2, -0.15) is 0 Å². The van der Waals surface area contributed by atoms with Crippen molar-refractivity contribution in [2.24, 2.45) is 0 Å². The van der Waals surface area contributed by atoms with Crippen LogP contribution in [-0.4, -0.2) is 22.8 Å². The first kappa shape index (κ1) is 15.3. The molecular weight excluding hydrogens is 343 g/mol. The average molecular weight is 358 g/mol. The number of aromatic amines is 2. The minimum atomic E-state index is 0.732. The normalized spacial score (nSPS) is 11.9. The smallest absolute Gasteiger partial charge is 0.140 e. The van der Waals surface area contributed by atoms with Crippen LogP contribution in [0.3, 0.4) is 0 Å². The average Bonchev–Trinajstić information content (AvgIpc) is 3.32. The molecule has 0 bridgehead atoms. The summed E-state index contributed by atoms with van der Waals surface area (Å²) in [5.41, 5.74) is 11.6. The van der Waals surface area contributed by atoms with Crippen molar-refractivity contribution in [3.8, 4) is 11.4 Å². The molecule has 5 heteroatoms. The molecule has 2 heterocycles. The van der Waals surface area contributed by atoms with E-state index in [0.29, 0.717) is 0 Å². The van der Waals surface area contributed by atoms with Crippen LogP contribution < -0.4 is 11.2 Å². The van der Waals surface area contributed by atoms with Gasteiger partial charge in [-0.05, 0) is 29.0 Å². The zero-order valence-corrected chi connectivity index (χ0v) is 15.0. The number of hydrogen-bond donors (Lipinski definition) is 3. The van der Waals surface area contributed by atoms with E-state index >= 15 is 0 Å². The second-order valence-corrected chi connectivity index (χ2v) is 7.17. The number of nitrogen functional groups attached to an aromatic ring is 1. The molecule has 0 saturated heterocycles. The number of H-pyrrole nitrogens is 2. The first-order valence-corrected chi connectivity index (χ1v) is 9.16. The molecular formula is C23H15BN4. The fourth-order valence-electron chi connectivity index (χ4n) is 4.15. The van der Waals surface area contributed by atoms with Gasteiger partial charge in [0.1, 0.15) is 13.7 Å². The number of rotatable bonds is 1. The molecule has 0 amide bonds. The van der Waals surface area contributed by atoms with Crippen LogP contribution in [0.5, 0.6) is 0 Å². The number of fused-ring (bicyclic) bond motifs is 7. The van der Waals surface area contributed by atoms with Crippen molar-refractivity contribution in [2.75, 3.05) is 5.73 Å². The maximum absolute atomic E-state index is 6.08. The van der Waals surface area contributed by atoms with Crippen molar-refractivity contribution in [3.63, 3.8) is 0 Å². The predicted octanol–water partition coefficient (Wildman–Crippen LogP) is 4.39. The van der Waals surface area contributed by atoms with E-state index in [1.165, 1.54) is 0 Å². The van der Waals surface area contributed by atoms with Crippen molar-refractivity contribution >= 4 is 62.5 Å². The minimum absolute atomic E-state index is 0.732. The lowest BCUT2D eigenvalue weighted by Gasteiger charge is -2.06. The number of benzene rings is 4. The zero-order valence-electron chi connectivity index (χ0n) is 15.0. The summed E-state index contributed by atoms with van der Waals surface area (Å²) in [7, 11) is 6.01. The van der Waals surface area contributed by atoms with E-state index in [1.54, 1.807) is 0 Å². The molecule has 0 saturated carbocycles. The van der Waals surface area contributed by atoms with Crippen LogP contribution in [0.1, 0.15) is 0 Å². The molecule has 0 atom stereocenters. The molecule has 0 fully saturated rings. The van der Waals surface area contributed by atoms with Crippen LogP contribution in [0.4, 0.5) is 5.69 Å². The van der Waals surface area contributed by atoms with Gasteiger partial charge in [-0.25, -0.2) is 4.98 Å². The van der Waals surface area contributed by atoms with E-state index in [1.807, 2.05) is 48.7 Å². The molecule has 4 aromatic carbocycles. The quantitative estimate of drug-likeness (QED) is 0.232. The van der Waals surface area contributed by atoms with Gasteiger partial charge in [-0.3, -0.25) is 0 Å². The molecule has 0 spiro atoms. The third-order valence-electron chi connectivity index (χ3n) is 5.45. The van der Waals surface area contributed by atoms with Gasteiger partial charge in [0, 0.05) is 39.1 Å². The zero-order chi connectivity index (χ0) is 18.8. The summed E-state index contributed by atoms with van der Waals surface area (Å²) in [4.78, 5) is 11.8. The van der Waals surface area contributed by atoms with Gasteiger partial charge in [-0.15, -0.1) is 0 Å². The standard InChI is InChI=1S/C23H15BN4/c24-12-5-8-20-18(9-12)19(11-26-20)23-27-21-15-4-2-1-3-14(15)17-10-13(25)6-7-16(17)22(21)28-23/h1-11,26H,25H2,(H,27,28). The molecule has 4 nitrogen and oxygen atoms in total. The summed E-state index contributed by atoms with van der Waals surface area (Å²) in [6.45, 7) is 0. The fraction of sp³-hybridized carbons (Fsp3) is 0. The van der Waals surface area contributed by atoms with Crippen molar-refractivity contribution in [3.05, 3.63) is 66.9 Å². The Morgan fingerprint density at radius 1 is 0.821 bits per heavy atom. The lowest BCUT2D eigenvalue weighted by Crippen LogP contribution is -1.99. The molecule has 6 aromatic rings. The van der Waals surface area contributed by atoms with Crippen LogP contribution in [0, 0.1) is 0 Å². The van der Waals surface area contributed by atoms with E-state index in [9.17, 15) is 0 Å². The number of aromatic nitrogens is 3. The van der Waals surface area contributed by atoms with Crippen molar-refractivity contribution in [1.29, 1.82) is 0 Å². The first-order chi connectivity index (χ1) is 13.7. The lowest BCUT2D eigenvalue weighted by molar-refractivity contribution is 1.34. The number of hydrogen-bond acceptors (Lipinski definition) is 2. The fourth-order valence-corrected chi connectivity index (χ4v) is 4.15. The largest absolute Gasteiger partial charge is 0.399 e. The Kier molecular flexibility index (Phi) is 2.96. The molecule has 0 unspecified atom stereocenters. The van der Waals surface area contributed by atoms with Crippen LogP contribution in [0.25, 0.3) is 54.9 Å². The topological polar surface area (TPSA) is 70.5 Å². The summed E-state index contributed by atoms with van der Waals surface area (Å²) >= 11 is 0. The van der Waals surface area contributed by atoms with E-state index in [2.05, 4.69) is 28.2 Å². The summed E-state index contributed by atoms with van der Waals surface area (Å²) in [6, 6.07) is 20.2. The monoisotopic (exact) mass is 358 g/mol. The minimum Gasteiger partial charge on any atom is -0.399 e. The number of nitrogens with two attached hydrogens (primary N) is 1. The van der Waals surface area contributed by atoms with E-state index < -0.39 is 0 Å². The number of nitrogens with one attached hydrogen (secondary N) is 2. The Morgan fingerprint density at radius 2 is 1.68 bits per heavy atom. The third kappa shape index (κ3) is 2.04. The summed E-state index contributed by atoms with van der Waals surface area (Å²) < 4.78 is 0. The van der Waals surface area contributed by atoms with Gasteiger partial charge in [0.05, 0.1) is 11.0 Å². The van der Waals surface area contributed by atoms with Gasteiger partial charge in [0.2, 0.25) is 0 Å². The van der Waals surface area contributed by atoms with Crippen molar-refractivity contribution < 1.29 is 0 Å². The molecule has 2 aromatic heterocycles. The van der Waals surface area contributed by atoms with Crippen LogP contribution in [0.15, 0.2) is 66.9 Å². The molecule has 2 radical (unpaired) electrons. The van der Waals surface area contributed by atoms with Crippen molar-refractivity contribution in [2.45, 2.75) is 0 Å². The Bertz CT molecular complexity index is 1540. The maximum Gasteiger partial charge on any atom is 0.140 e. The number of imidazole rings is 1. The first-order valence-electron chi connectivity index (χ1n) is 9.16. The van der Waals surface area contributed by atoms with E-state index in [4.69, 9.17) is 18.6 Å². The van der Waals surface area contributed by atoms with E-state index in [0.717, 1.165) is 66.0 Å². The van der Waals surface area contributed by atoms with Crippen molar-refractivity contribution in [1.82, 2.24) is 15.0 Å². The lowest BCUT2D eigenvalue weighted by atomic mass is 9.94. The third-order valence-corrected chi connectivity index (χ3v) is 5.45. The van der Waals surface area contributed by atoms with Gasteiger partial charge >= 0.3 is 0 Å². The number of nitrogens with zero attached hydrogens (tertiary/aromatic N) is 1. The highest BCUT2D eigenvalue weighted by atomic mass is 14.9. The molecule has 130 valence electrons. The SMILES string of the molecule is [B]c1ccc2[nH]cc(-c3nc4c5ccccc5c5cc(N)ccc5c4[nH]3)c2c1. The highest BCUT2D eigenvalue weighted by molar-refractivity contribution is 6.33. The second-order valence-electron chi connectivity index (χ2n) is 7.17. The van der Waals surface area contributed by atoms with Gasteiger partial charge in [-0.1, -0.05) is 47.9 Å². The highest BCUT2D eigenvalue weighted by Gasteiger charge is 2.16. The Morgan fingerprint density at radius 3 is 2.57 bits per heavy atom. The Hall–Kier alpha value is -3.73. The summed E-state index contributed by atoms with van der Waals surface area (Å²) in [5.74, 6) is 0.821. The van der Waals surface area contributed by atoms with Gasteiger partial charge < -0.3 is 15.7 Å². The Labute approximate surface area is 161 Å². The Balaban J connectivity index is 1.76. The number of anilines is 1. The van der Waals surface area contributed by atoms with Gasteiger partial charge in [0.25, 0.3) is 0 Å². The molecule has 28 heavy (non-hydrogen) atoms. The predicted molar refractivity (Wildman–Crippen MR) is 118 cm³/mol. The molecule has 6 rings (SSSR count). The molecule has 0 aliphatic rings. The molecule has 4 N–H and O–H groups in total. The van der Waals surface area contributed by atoms with Gasteiger partial charge in [0.15, 0.2) is 0 Å². The maximum atomic E-state index is 6.08. The summed E-state index contributed by atoms with van der Waals surface area (Å²) in [5, 5.41) is 5.55.